The fraction of sp³-hybridized carbons (Fsp3) is 0.429. The molecule has 108 valence electrons. The van der Waals surface area contributed by atoms with E-state index >= 15 is 0 Å². The molecule has 0 spiro atoms. The van der Waals surface area contributed by atoms with Crippen LogP contribution in [0.2, 0.25) is 0 Å². The van der Waals surface area contributed by atoms with Crippen molar-refractivity contribution in [1.29, 1.82) is 0 Å². The zero-order chi connectivity index (χ0) is 14.7. The van der Waals surface area contributed by atoms with Crippen molar-refractivity contribution < 1.29 is 19.1 Å². The topological polar surface area (TPSA) is 92.4 Å². The van der Waals surface area contributed by atoms with Crippen LogP contribution in [-0.4, -0.2) is 23.0 Å². The fourth-order valence-corrected chi connectivity index (χ4v) is 2.54. The van der Waals surface area contributed by atoms with Crippen LogP contribution in [0.3, 0.4) is 0 Å². The molecule has 1 aliphatic carbocycles. The summed E-state index contributed by atoms with van der Waals surface area (Å²) in [6.45, 7) is 0. The summed E-state index contributed by atoms with van der Waals surface area (Å²) in [5.74, 6) is -2.36. The normalized spacial score (nSPS) is 22.2. The van der Waals surface area contributed by atoms with E-state index in [2.05, 4.69) is 5.32 Å². The highest BCUT2D eigenvalue weighted by Gasteiger charge is 2.28. The molecule has 1 fully saturated rings. The Kier molecular flexibility index (Phi) is 4.22. The molecule has 0 aliphatic heterocycles. The third-order valence-electron chi connectivity index (χ3n) is 3.66. The lowest BCUT2D eigenvalue weighted by Gasteiger charge is -2.27. The van der Waals surface area contributed by atoms with Crippen LogP contribution in [0.1, 0.15) is 36.0 Å². The van der Waals surface area contributed by atoms with Gasteiger partial charge in [-0.1, -0.05) is 12.5 Å². The molecule has 20 heavy (non-hydrogen) atoms. The number of carbonyl (C=O) groups excluding carboxylic acids is 1. The largest absolute Gasteiger partial charge is 0.481 e. The summed E-state index contributed by atoms with van der Waals surface area (Å²) in [6.07, 6.45) is 2.51. The van der Waals surface area contributed by atoms with Gasteiger partial charge in [0, 0.05) is 6.04 Å². The number of hydrogen-bond donors (Lipinski definition) is 3. The van der Waals surface area contributed by atoms with Gasteiger partial charge in [-0.2, -0.15) is 0 Å². The van der Waals surface area contributed by atoms with Gasteiger partial charge in [-0.15, -0.1) is 0 Å². The van der Waals surface area contributed by atoms with Gasteiger partial charge in [0.2, 0.25) is 0 Å². The lowest BCUT2D eigenvalue weighted by molar-refractivity contribution is -0.143. The number of para-hydroxylation sites is 1. The summed E-state index contributed by atoms with van der Waals surface area (Å²) in [4.78, 5) is 23.0. The first-order chi connectivity index (χ1) is 9.49. The van der Waals surface area contributed by atoms with Gasteiger partial charge < -0.3 is 16.2 Å². The van der Waals surface area contributed by atoms with E-state index in [-0.39, 0.29) is 17.3 Å². The quantitative estimate of drug-likeness (QED) is 0.736. The van der Waals surface area contributed by atoms with Crippen LogP contribution in [0.25, 0.3) is 0 Å². The Morgan fingerprint density at radius 3 is 2.80 bits per heavy atom. The predicted octanol–water partition coefficient (Wildman–Crippen LogP) is 1.78. The number of rotatable bonds is 3. The fourth-order valence-electron chi connectivity index (χ4n) is 2.54. The molecule has 0 bridgehead atoms. The third-order valence-corrected chi connectivity index (χ3v) is 3.66. The molecular weight excluding hydrogens is 263 g/mol. The second kappa shape index (κ2) is 5.90. The Bertz CT molecular complexity index is 533. The molecule has 0 aromatic heterocycles. The summed E-state index contributed by atoms with van der Waals surface area (Å²) >= 11 is 0. The van der Waals surface area contributed by atoms with Crippen molar-refractivity contribution in [3.8, 4) is 0 Å². The van der Waals surface area contributed by atoms with Crippen molar-refractivity contribution >= 4 is 17.6 Å². The molecule has 0 radical (unpaired) electrons. The molecule has 0 heterocycles. The van der Waals surface area contributed by atoms with Gasteiger partial charge in [0.15, 0.2) is 0 Å². The minimum atomic E-state index is -0.839. The Morgan fingerprint density at radius 2 is 2.10 bits per heavy atom. The molecule has 1 aliphatic rings. The van der Waals surface area contributed by atoms with Crippen molar-refractivity contribution in [1.82, 2.24) is 5.32 Å². The molecule has 1 saturated carbocycles. The summed E-state index contributed by atoms with van der Waals surface area (Å²) in [5, 5.41) is 11.7. The van der Waals surface area contributed by atoms with Crippen LogP contribution in [0, 0.1) is 11.7 Å². The standard InChI is InChI=1S/C14H17FN2O3/c15-11-6-2-5-10(12(11)16)13(18)17-9-4-1-3-8(7-9)14(19)20/h2,5-6,8-9H,1,3-4,7,16H2,(H,17,18)(H,19,20). The van der Waals surface area contributed by atoms with E-state index in [1.807, 2.05) is 0 Å². The second-order valence-corrected chi connectivity index (χ2v) is 5.07. The number of nitrogen functional groups attached to an aromatic ring is 1. The van der Waals surface area contributed by atoms with Crippen LogP contribution < -0.4 is 11.1 Å². The minimum Gasteiger partial charge on any atom is -0.481 e. The van der Waals surface area contributed by atoms with Crippen molar-refractivity contribution in [3.05, 3.63) is 29.6 Å². The van der Waals surface area contributed by atoms with Gasteiger partial charge in [0.25, 0.3) is 5.91 Å². The van der Waals surface area contributed by atoms with Gasteiger partial charge in [-0.25, -0.2) is 4.39 Å². The van der Waals surface area contributed by atoms with E-state index in [4.69, 9.17) is 10.8 Å². The number of nitrogens with one attached hydrogen (secondary N) is 1. The first kappa shape index (κ1) is 14.3. The predicted molar refractivity (Wildman–Crippen MR) is 71.7 cm³/mol. The first-order valence-corrected chi connectivity index (χ1v) is 6.56. The Morgan fingerprint density at radius 1 is 1.35 bits per heavy atom. The average molecular weight is 280 g/mol. The lowest BCUT2D eigenvalue weighted by atomic mass is 9.85. The van der Waals surface area contributed by atoms with E-state index < -0.39 is 23.6 Å². The minimum absolute atomic E-state index is 0.0856. The Labute approximate surface area is 116 Å². The van der Waals surface area contributed by atoms with Crippen LogP contribution in [0.15, 0.2) is 18.2 Å². The maximum atomic E-state index is 13.3. The van der Waals surface area contributed by atoms with Crippen molar-refractivity contribution in [2.75, 3.05) is 5.73 Å². The SMILES string of the molecule is Nc1c(F)cccc1C(=O)NC1CCCC(C(=O)O)C1. The van der Waals surface area contributed by atoms with Gasteiger partial charge in [-0.05, 0) is 31.4 Å². The van der Waals surface area contributed by atoms with Crippen LogP contribution in [-0.2, 0) is 4.79 Å². The molecule has 1 amide bonds. The number of carboxylic acid groups (broad SMARTS) is 1. The summed E-state index contributed by atoms with van der Waals surface area (Å²) < 4.78 is 13.3. The molecule has 4 N–H and O–H groups in total. The van der Waals surface area contributed by atoms with Crippen LogP contribution >= 0.6 is 0 Å². The molecule has 2 atom stereocenters. The highest BCUT2D eigenvalue weighted by atomic mass is 19.1. The van der Waals surface area contributed by atoms with Crippen LogP contribution in [0.4, 0.5) is 10.1 Å². The molecule has 5 nitrogen and oxygen atoms in total. The number of anilines is 1. The average Bonchev–Trinajstić information content (AvgIpc) is 2.42. The van der Waals surface area contributed by atoms with Gasteiger partial charge >= 0.3 is 5.97 Å². The van der Waals surface area contributed by atoms with E-state index in [9.17, 15) is 14.0 Å². The first-order valence-electron chi connectivity index (χ1n) is 6.56. The van der Waals surface area contributed by atoms with Gasteiger partial charge in [-0.3, -0.25) is 9.59 Å². The maximum Gasteiger partial charge on any atom is 0.306 e. The number of nitrogens with two attached hydrogens (primary N) is 1. The number of carboxylic acids is 1. The number of aliphatic carboxylic acids is 1. The number of halogens is 1. The zero-order valence-corrected chi connectivity index (χ0v) is 10.9. The number of amides is 1. The number of benzene rings is 1. The molecule has 0 saturated heterocycles. The highest BCUT2D eigenvalue weighted by molar-refractivity contribution is 5.99. The van der Waals surface area contributed by atoms with Gasteiger partial charge in [0.05, 0.1) is 17.2 Å². The smallest absolute Gasteiger partial charge is 0.306 e. The maximum absolute atomic E-state index is 13.3. The summed E-state index contributed by atoms with van der Waals surface area (Å²) in [6, 6.07) is 3.85. The van der Waals surface area contributed by atoms with Crippen LogP contribution in [0.5, 0.6) is 0 Å². The van der Waals surface area contributed by atoms with E-state index in [1.165, 1.54) is 18.2 Å². The monoisotopic (exact) mass is 280 g/mol. The molecule has 1 aromatic rings. The van der Waals surface area contributed by atoms with E-state index in [0.29, 0.717) is 12.8 Å². The molecular formula is C14H17FN2O3. The summed E-state index contributed by atoms with van der Waals surface area (Å²) in [5.41, 5.74) is 5.44. The van der Waals surface area contributed by atoms with Crippen molar-refractivity contribution in [2.45, 2.75) is 31.7 Å². The zero-order valence-electron chi connectivity index (χ0n) is 10.9. The lowest BCUT2D eigenvalue weighted by Crippen LogP contribution is -2.40. The molecule has 2 rings (SSSR count). The van der Waals surface area contributed by atoms with Crippen molar-refractivity contribution in [2.24, 2.45) is 5.92 Å². The highest BCUT2D eigenvalue weighted by Crippen LogP contribution is 2.25. The molecule has 6 heteroatoms. The Balaban J connectivity index is 2.04. The van der Waals surface area contributed by atoms with E-state index in [0.717, 1.165) is 12.8 Å². The number of carbonyl (C=O) groups is 2. The Hall–Kier alpha value is -2.11. The molecule has 2 unspecified atom stereocenters. The summed E-state index contributed by atoms with van der Waals surface area (Å²) in [7, 11) is 0. The number of hydrogen-bond acceptors (Lipinski definition) is 3. The second-order valence-electron chi connectivity index (χ2n) is 5.07. The third kappa shape index (κ3) is 3.07. The molecule has 1 aromatic carbocycles. The van der Waals surface area contributed by atoms with E-state index in [1.54, 1.807) is 0 Å². The van der Waals surface area contributed by atoms with Crippen molar-refractivity contribution in [3.63, 3.8) is 0 Å². The van der Waals surface area contributed by atoms with Gasteiger partial charge in [0.1, 0.15) is 5.82 Å².